The van der Waals surface area contributed by atoms with E-state index in [4.69, 9.17) is 9.47 Å². The van der Waals surface area contributed by atoms with Crippen LogP contribution in [-0.2, 0) is 9.53 Å². The highest BCUT2D eigenvalue weighted by atomic mass is 19.4. The van der Waals surface area contributed by atoms with Gasteiger partial charge in [-0.3, -0.25) is 14.7 Å². The summed E-state index contributed by atoms with van der Waals surface area (Å²) in [5.74, 6) is -1.22. The first-order valence-electron chi connectivity index (χ1n) is 12.2. The van der Waals surface area contributed by atoms with E-state index in [1.54, 1.807) is 4.90 Å². The molecule has 5 rings (SSSR count). The molecule has 9 nitrogen and oxygen atoms in total. The minimum atomic E-state index is -4.40. The summed E-state index contributed by atoms with van der Waals surface area (Å²) in [6.45, 7) is -0.175. The lowest BCUT2D eigenvalue weighted by atomic mass is 9.89. The van der Waals surface area contributed by atoms with E-state index in [1.165, 1.54) is 19.2 Å². The third kappa shape index (κ3) is 5.13. The zero-order chi connectivity index (χ0) is 26.3. The van der Waals surface area contributed by atoms with E-state index in [9.17, 15) is 27.2 Å². The van der Waals surface area contributed by atoms with Crippen molar-refractivity contribution in [2.24, 2.45) is 5.92 Å². The molecule has 5 atom stereocenters. The maximum Gasteiger partial charge on any atom is 0.414 e. The molecule has 3 aliphatic heterocycles. The number of ether oxygens (including phenoxy) is 2. The van der Waals surface area contributed by atoms with Crippen molar-refractivity contribution in [2.75, 3.05) is 13.7 Å². The molecule has 2 aromatic rings. The van der Waals surface area contributed by atoms with Gasteiger partial charge in [0.05, 0.1) is 31.6 Å². The van der Waals surface area contributed by atoms with E-state index in [-0.39, 0.29) is 66.4 Å². The highest BCUT2D eigenvalue weighted by Gasteiger charge is 2.47. The topological polar surface area (TPSA) is 109 Å². The molecule has 2 amide bonds. The molecule has 2 N–H and O–H groups in total. The number of carbonyl (C=O) groups excluding carboxylic acids is 2. The molecule has 5 heterocycles. The van der Waals surface area contributed by atoms with Crippen molar-refractivity contribution in [3.8, 4) is 17.1 Å². The number of hydrogen-bond donors (Lipinski definition) is 2. The Bertz CT molecular complexity index is 1150. The Kier molecular flexibility index (Phi) is 6.82. The van der Waals surface area contributed by atoms with Crippen LogP contribution >= 0.6 is 0 Å². The normalized spacial score (nSPS) is 27.7. The van der Waals surface area contributed by atoms with Crippen molar-refractivity contribution in [1.82, 2.24) is 25.4 Å². The van der Waals surface area contributed by atoms with Crippen LogP contribution in [0.5, 0.6) is 5.88 Å². The Labute approximate surface area is 209 Å². The van der Waals surface area contributed by atoms with E-state index in [0.29, 0.717) is 18.5 Å². The number of amides is 2. The van der Waals surface area contributed by atoms with Gasteiger partial charge >= 0.3 is 6.18 Å². The first-order valence-corrected chi connectivity index (χ1v) is 12.2. The van der Waals surface area contributed by atoms with Crippen LogP contribution in [0, 0.1) is 11.7 Å². The number of alkyl halides is 3. The quantitative estimate of drug-likeness (QED) is 0.581. The molecule has 0 saturated carbocycles. The van der Waals surface area contributed by atoms with Gasteiger partial charge in [-0.1, -0.05) is 0 Å². The molecular formula is C24H27F4N5O4. The maximum atomic E-state index is 14.3. The summed E-state index contributed by atoms with van der Waals surface area (Å²) in [5, 5.41) is 9.64. The molecule has 0 aliphatic carbocycles. The van der Waals surface area contributed by atoms with Gasteiger partial charge in [-0.2, -0.15) is 18.3 Å². The predicted molar refractivity (Wildman–Crippen MR) is 121 cm³/mol. The number of piperidine rings is 1. The first-order chi connectivity index (χ1) is 17.6. The molecule has 37 heavy (non-hydrogen) atoms. The summed E-state index contributed by atoms with van der Waals surface area (Å²) in [6.07, 6.45) is -2.74. The number of rotatable bonds is 5. The lowest BCUT2D eigenvalue weighted by molar-refractivity contribution is -0.232. The van der Waals surface area contributed by atoms with E-state index >= 15 is 0 Å². The van der Waals surface area contributed by atoms with Crippen LogP contribution in [0.15, 0.2) is 18.3 Å². The number of aromatic nitrogens is 3. The van der Waals surface area contributed by atoms with E-state index in [0.717, 1.165) is 19.0 Å². The third-order valence-electron chi connectivity index (χ3n) is 7.45. The maximum absolute atomic E-state index is 14.3. The number of pyridine rings is 1. The largest absolute Gasteiger partial charge is 0.481 e. The summed E-state index contributed by atoms with van der Waals surface area (Å²) >= 11 is 0. The van der Waals surface area contributed by atoms with Crippen LogP contribution in [0.3, 0.4) is 0 Å². The number of carbonyl (C=O) groups is 2. The SMILES string of the molecule is COc1cc(-c2cc(C(=O)N3[C@@H]4CC[C@H]3C[C@H](C(=O)N[C@@H]3CC[C@H](C(F)(F)F)OC3)C4)n[nH]2)c(F)cn1. The van der Waals surface area contributed by atoms with Crippen molar-refractivity contribution in [1.29, 1.82) is 0 Å². The Balaban J connectivity index is 1.20. The summed E-state index contributed by atoms with van der Waals surface area (Å²) in [4.78, 5) is 31.8. The Hall–Kier alpha value is -3.22. The molecule has 0 radical (unpaired) electrons. The number of nitrogens with zero attached hydrogens (tertiary/aromatic N) is 3. The molecular weight excluding hydrogens is 498 g/mol. The standard InChI is InChI=1S/C24H27F4N5O4/c1-36-21-8-16(17(25)10-29-21)18-9-19(32-31-18)23(35)33-14-3-4-15(33)7-12(6-14)22(34)30-13-2-5-20(37-11-13)24(26,27)28/h8-10,12-15,20H,2-7,11H2,1H3,(H,30,34)(H,31,32)/t12-,13-,14-,15+,20-/m1/s1. The second kappa shape index (κ2) is 9.92. The van der Waals surface area contributed by atoms with Gasteiger partial charge in [0.25, 0.3) is 5.91 Å². The van der Waals surface area contributed by atoms with Crippen LogP contribution < -0.4 is 10.1 Å². The summed E-state index contributed by atoms with van der Waals surface area (Å²) in [7, 11) is 1.41. The Morgan fingerprint density at radius 2 is 1.89 bits per heavy atom. The lowest BCUT2D eigenvalue weighted by Gasteiger charge is -2.39. The lowest BCUT2D eigenvalue weighted by Crippen LogP contribution is -2.52. The zero-order valence-electron chi connectivity index (χ0n) is 20.1. The van der Waals surface area contributed by atoms with Gasteiger partial charge in [0.15, 0.2) is 17.6 Å². The fraction of sp³-hybridized carbons (Fsp3) is 0.583. The molecule has 200 valence electrons. The molecule has 0 aromatic carbocycles. The Morgan fingerprint density at radius 3 is 2.51 bits per heavy atom. The summed E-state index contributed by atoms with van der Waals surface area (Å²) < 4.78 is 62.6. The van der Waals surface area contributed by atoms with Crippen LogP contribution in [0.2, 0.25) is 0 Å². The molecule has 2 aromatic heterocycles. The van der Waals surface area contributed by atoms with Crippen LogP contribution in [0.25, 0.3) is 11.3 Å². The Morgan fingerprint density at radius 1 is 1.16 bits per heavy atom. The molecule has 0 unspecified atom stereocenters. The number of halogens is 4. The second-order valence-electron chi connectivity index (χ2n) is 9.79. The van der Waals surface area contributed by atoms with Gasteiger partial charge in [0, 0.05) is 29.6 Å². The molecule has 2 bridgehead atoms. The number of fused-ring (bicyclic) bond motifs is 2. The smallest absolute Gasteiger partial charge is 0.414 e. The van der Waals surface area contributed by atoms with Crippen molar-refractivity contribution in [2.45, 2.75) is 68.9 Å². The number of H-pyrrole nitrogens is 1. The van der Waals surface area contributed by atoms with Crippen molar-refractivity contribution >= 4 is 11.8 Å². The highest BCUT2D eigenvalue weighted by molar-refractivity contribution is 5.94. The zero-order valence-corrected chi connectivity index (χ0v) is 20.1. The molecule has 3 aliphatic rings. The second-order valence-corrected chi connectivity index (χ2v) is 9.79. The van der Waals surface area contributed by atoms with E-state index in [2.05, 4.69) is 20.5 Å². The predicted octanol–water partition coefficient (Wildman–Crippen LogP) is 3.23. The minimum absolute atomic E-state index is 0.142. The van der Waals surface area contributed by atoms with Gasteiger partial charge in [-0.15, -0.1) is 0 Å². The molecule has 0 spiro atoms. The van der Waals surface area contributed by atoms with Crippen LogP contribution in [0.4, 0.5) is 17.6 Å². The van der Waals surface area contributed by atoms with E-state index < -0.39 is 24.1 Å². The van der Waals surface area contributed by atoms with Crippen molar-refractivity contribution in [3.63, 3.8) is 0 Å². The highest BCUT2D eigenvalue weighted by Crippen LogP contribution is 2.40. The number of hydrogen-bond acceptors (Lipinski definition) is 6. The molecule has 3 saturated heterocycles. The average Bonchev–Trinajstić information content (AvgIpc) is 3.46. The van der Waals surface area contributed by atoms with E-state index in [1.807, 2.05) is 0 Å². The van der Waals surface area contributed by atoms with Crippen molar-refractivity contribution < 1.29 is 36.6 Å². The summed E-state index contributed by atoms with van der Waals surface area (Å²) in [5.41, 5.74) is 0.624. The monoisotopic (exact) mass is 525 g/mol. The minimum Gasteiger partial charge on any atom is -0.481 e. The van der Waals surface area contributed by atoms with Gasteiger partial charge in [0.2, 0.25) is 11.8 Å². The average molecular weight is 526 g/mol. The fourth-order valence-corrected chi connectivity index (χ4v) is 5.60. The van der Waals surface area contributed by atoms with Crippen LogP contribution in [0.1, 0.15) is 49.0 Å². The molecule has 13 heteroatoms. The third-order valence-corrected chi connectivity index (χ3v) is 7.45. The summed E-state index contributed by atoms with van der Waals surface area (Å²) in [6, 6.07) is 2.12. The number of methoxy groups -OCH3 is 1. The van der Waals surface area contributed by atoms with Crippen LogP contribution in [-0.4, -0.2) is 76.0 Å². The molecule has 3 fully saturated rings. The number of nitrogens with one attached hydrogen (secondary N) is 2. The first kappa shape index (κ1) is 25.4. The number of aromatic amines is 1. The van der Waals surface area contributed by atoms with Gasteiger partial charge in [-0.05, 0) is 44.6 Å². The van der Waals surface area contributed by atoms with Crippen molar-refractivity contribution in [3.05, 3.63) is 29.8 Å². The van der Waals surface area contributed by atoms with Gasteiger partial charge in [0.1, 0.15) is 0 Å². The van der Waals surface area contributed by atoms with Gasteiger partial charge in [-0.25, -0.2) is 9.37 Å². The van der Waals surface area contributed by atoms with Gasteiger partial charge < -0.3 is 19.7 Å². The fourth-order valence-electron chi connectivity index (χ4n) is 5.60.